The van der Waals surface area contributed by atoms with E-state index in [9.17, 15) is 13.6 Å². The van der Waals surface area contributed by atoms with Crippen molar-refractivity contribution in [2.24, 2.45) is 5.41 Å². The number of hydrogen-bond donors (Lipinski definition) is 0. The van der Waals surface area contributed by atoms with Crippen LogP contribution in [0.3, 0.4) is 0 Å². The summed E-state index contributed by atoms with van der Waals surface area (Å²) in [5.74, 6) is 0.0829. The number of hydrogen-bond acceptors (Lipinski definition) is 4. The zero-order valence-corrected chi connectivity index (χ0v) is 18.8. The zero-order chi connectivity index (χ0) is 23.4. The summed E-state index contributed by atoms with van der Waals surface area (Å²) in [5, 5.41) is 4.63. The zero-order valence-electron chi connectivity index (χ0n) is 18.8. The van der Waals surface area contributed by atoms with Crippen LogP contribution in [0.2, 0.25) is 0 Å². The minimum absolute atomic E-state index is 0.0486. The first-order valence-electron chi connectivity index (χ1n) is 11.6. The normalized spacial score (nSPS) is 19.0. The third-order valence-corrected chi connectivity index (χ3v) is 7.08. The molecule has 1 aromatic heterocycles. The smallest absolute Gasteiger partial charge is 0.257 e. The van der Waals surface area contributed by atoms with Gasteiger partial charge in [0.15, 0.2) is 0 Å². The second-order valence-electron chi connectivity index (χ2n) is 9.68. The Hall–Kier alpha value is -3.42. The van der Waals surface area contributed by atoms with E-state index in [1.165, 1.54) is 24.3 Å². The molecule has 1 spiro atoms. The van der Waals surface area contributed by atoms with Gasteiger partial charge in [-0.3, -0.25) is 4.79 Å². The minimum atomic E-state index is -0.406. The highest BCUT2D eigenvalue weighted by Gasteiger charge is 2.55. The van der Waals surface area contributed by atoms with Crippen LogP contribution in [0.4, 0.5) is 8.78 Å². The molecule has 176 valence electrons. The Kier molecular flexibility index (Phi) is 4.86. The van der Waals surface area contributed by atoms with Crippen LogP contribution in [0.15, 0.2) is 48.5 Å². The predicted molar refractivity (Wildman–Crippen MR) is 121 cm³/mol. The average Bonchev–Trinajstić information content (AvgIpc) is 3.48. The molecule has 2 aliphatic carbocycles. The lowest BCUT2D eigenvalue weighted by Crippen LogP contribution is -2.63. The lowest BCUT2D eigenvalue weighted by atomic mass is 9.60. The monoisotopic (exact) mass is 465 g/mol. The number of halogens is 2. The molecule has 0 radical (unpaired) electrons. The second kappa shape index (κ2) is 7.82. The molecule has 1 aliphatic heterocycles. The number of aromatic nitrogens is 2. The SMILES string of the molecule is COc1cc(-c2ccccc2F)nn1C1CC2(C1)CN(C(=O)c1ccc(F)cc1OC1CC1)C2. The van der Waals surface area contributed by atoms with Crippen molar-refractivity contribution in [2.75, 3.05) is 20.2 Å². The maximum atomic E-state index is 14.2. The second-order valence-corrected chi connectivity index (χ2v) is 9.68. The van der Waals surface area contributed by atoms with E-state index in [0.717, 1.165) is 25.7 Å². The Morgan fingerprint density at radius 2 is 1.85 bits per heavy atom. The van der Waals surface area contributed by atoms with Crippen LogP contribution >= 0.6 is 0 Å². The molecule has 6 rings (SSSR count). The standard InChI is InChI=1S/C26H25F2N3O3/c1-33-24-11-22(19-4-2-3-5-21(19)28)29-31(24)17-12-26(13-17)14-30(15-26)25(32)20-9-6-16(27)10-23(20)34-18-7-8-18/h2-6,9-11,17-18H,7-8,12-15H2,1H3. The van der Waals surface area contributed by atoms with E-state index in [1.54, 1.807) is 36.3 Å². The van der Waals surface area contributed by atoms with Crippen LogP contribution in [-0.4, -0.2) is 46.9 Å². The summed E-state index contributed by atoms with van der Waals surface area (Å²) in [6.07, 6.45) is 3.68. The maximum Gasteiger partial charge on any atom is 0.257 e. The van der Waals surface area contributed by atoms with Crippen LogP contribution in [0, 0.1) is 17.0 Å². The van der Waals surface area contributed by atoms with Crippen molar-refractivity contribution in [1.82, 2.24) is 14.7 Å². The molecule has 34 heavy (non-hydrogen) atoms. The number of methoxy groups -OCH3 is 1. The number of carbonyl (C=O) groups excluding carboxylic acids is 1. The first-order valence-corrected chi connectivity index (χ1v) is 11.6. The van der Waals surface area contributed by atoms with Gasteiger partial charge in [-0.15, -0.1) is 0 Å². The summed E-state index contributed by atoms with van der Waals surface area (Å²) in [6.45, 7) is 1.29. The van der Waals surface area contributed by atoms with Crippen molar-refractivity contribution in [3.63, 3.8) is 0 Å². The summed E-state index contributed by atoms with van der Waals surface area (Å²) >= 11 is 0. The molecular formula is C26H25F2N3O3. The van der Waals surface area contributed by atoms with Crippen LogP contribution < -0.4 is 9.47 Å². The fraction of sp³-hybridized carbons (Fsp3) is 0.385. The molecule has 3 aliphatic rings. The van der Waals surface area contributed by atoms with Gasteiger partial charge in [0.1, 0.15) is 17.4 Å². The summed E-state index contributed by atoms with van der Waals surface area (Å²) in [7, 11) is 1.58. The molecule has 1 saturated heterocycles. The van der Waals surface area contributed by atoms with Crippen LogP contribution in [-0.2, 0) is 0 Å². The third kappa shape index (κ3) is 3.61. The van der Waals surface area contributed by atoms with Crippen molar-refractivity contribution in [3.05, 3.63) is 65.7 Å². The van der Waals surface area contributed by atoms with E-state index >= 15 is 0 Å². The van der Waals surface area contributed by atoms with Crippen molar-refractivity contribution in [1.29, 1.82) is 0 Å². The quantitative estimate of drug-likeness (QED) is 0.522. The Morgan fingerprint density at radius 1 is 1.09 bits per heavy atom. The summed E-state index contributed by atoms with van der Waals surface area (Å²) in [5.41, 5.74) is 1.45. The Balaban J connectivity index is 1.13. The van der Waals surface area contributed by atoms with E-state index < -0.39 is 5.82 Å². The Morgan fingerprint density at radius 3 is 2.56 bits per heavy atom. The van der Waals surface area contributed by atoms with Gasteiger partial charge in [-0.25, -0.2) is 13.5 Å². The highest BCUT2D eigenvalue weighted by atomic mass is 19.1. The number of carbonyl (C=O) groups is 1. The molecule has 0 atom stereocenters. The molecule has 3 fully saturated rings. The molecule has 2 saturated carbocycles. The van der Waals surface area contributed by atoms with Crippen molar-refractivity contribution in [3.8, 4) is 22.9 Å². The number of nitrogens with zero attached hydrogens (tertiary/aromatic N) is 3. The van der Waals surface area contributed by atoms with E-state index in [1.807, 2.05) is 4.68 Å². The fourth-order valence-electron chi connectivity index (χ4n) is 5.18. The molecule has 0 unspecified atom stereocenters. The fourth-order valence-corrected chi connectivity index (χ4v) is 5.18. The lowest BCUT2D eigenvalue weighted by molar-refractivity contribution is -0.0751. The van der Waals surface area contributed by atoms with Gasteiger partial charge in [0.2, 0.25) is 5.88 Å². The van der Waals surface area contributed by atoms with Gasteiger partial charge in [-0.2, -0.15) is 5.10 Å². The molecule has 6 nitrogen and oxygen atoms in total. The van der Waals surface area contributed by atoms with Gasteiger partial charge in [0.05, 0.1) is 30.5 Å². The van der Waals surface area contributed by atoms with E-state index in [4.69, 9.17) is 9.47 Å². The average molecular weight is 466 g/mol. The first kappa shape index (κ1) is 21.1. The number of ether oxygens (including phenoxy) is 2. The molecule has 3 aromatic rings. The highest BCUT2D eigenvalue weighted by Crippen LogP contribution is 2.55. The first-order chi connectivity index (χ1) is 16.4. The van der Waals surface area contributed by atoms with Gasteiger partial charge in [0, 0.05) is 36.2 Å². The number of likely N-dealkylation sites (tertiary alicyclic amines) is 1. The predicted octanol–water partition coefficient (Wildman–Crippen LogP) is 4.86. The minimum Gasteiger partial charge on any atom is -0.489 e. The Labute approximate surface area is 196 Å². The molecule has 8 heteroatoms. The number of rotatable bonds is 6. The van der Waals surface area contributed by atoms with Gasteiger partial charge in [-0.05, 0) is 49.9 Å². The summed E-state index contributed by atoms with van der Waals surface area (Å²) in [6, 6.07) is 12.6. The highest BCUT2D eigenvalue weighted by molar-refractivity contribution is 5.97. The van der Waals surface area contributed by atoms with Gasteiger partial charge in [0.25, 0.3) is 5.91 Å². The van der Waals surface area contributed by atoms with Gasteiger partial charge in [-0.1, -0.05) is 12.1 Å². The number of amides is 1. The molecule has 1 amide bonds. The van der Waals surface area contributed by atoms with E-state index in [2.05, 4.69) is 5.10 Å². The molecular weight excluding hydrogens is 440 g/mol. The van der Waals surface area contributed by atoms with Gasteiger partial charge < -0.3 is 14.4 Å². The van der Waals surface area contributed by atoms with E-state index in [0.29, 0.717) is 41.5 Å². The molecule has 2 heterocycles. The Bertz CT molecular complexity index is 1260. The summed E-state index contributed by atoms with van der Waals surface area (Å²) in [4.78, 5) is 14.9. The van der Waals surface area contributed by atoms with Crippen LogP contribution in [0.25, 0.3) is 11.3 Å². The van der Waals surface area contributed by atoms with Crippen LogP contribution in [0.5, 0.6) is 11.6 Å². The lowest BCUT2D eigenvalue weighted by Gasteiger charge is -2.58. The largest absolute Gasteiger partial charge is 0.489 e. The van der Waals surface area contributed by atoms with Gasteiger partial charge >= 0.3 is 0 Å². The van der Waals surface area contributed by atoms with Crippen molar-refractivity contribution < 1.29 is 23.0 Å². The van der Waals surface area contributed by atoms with E-state index in [-0.39, 0.29) is 29.3 Å². The van der Waals surface area contributed by atoms with Crippen molar-refractivity contribution in [2.45, 2.75) is 37.8 Å². The topological polar surface area (TPSA) is 56.6 Å². The molecule has 0 N–H and O–H groups in total. The maximum absolute atomic E-state index is 14.2. The molecule has 0 bridgehead atoms. The summed E-state index contributed by atoms with van der Waals surface area (Å²) < 4.78 is 41.1. The molecule has 2 aromatic carbocycles. The number of benzene rings is 2. The van der Waals surface area contributed by atoms with Crippen LogP contribution in [0.1, 0.15) is 42.1 Å². The third-order valence-electron chi connectivity index (χ3n) is 7.08. The van der Waals surface area contributed by atoms with Crippen molar-refractivity contribution >= 4 is 5.91 Å².